The first-order valence-electron chi connectivity index (χ1n) is 5.86. The molecule has 0 aliphatic carbocycles. The van der Waals surface area contributed by atoms with Crippen molar-refractivity contribution in [1.82, 2.24) is 4.31 Å². The van der Waals surface area contributed by atoms with Gasteiger partial charge in [-0.15, -0.1) is 0 Å². The Labute approximate surface area is 105 Å². The van der Waals surface area contributed by atoms with Crippen molar-refractivity contribution in [2.45, 2.75) is 24.7 Å². The van der Waals surface area contributed by atoms with Gasteiger partial charge in [0.25, 0.3) is 0 Å². The Morgan fingerprint density at radius 3 is 2.67 bits per heavy atom. The quantitative estimate of drug-likeness (QED) is 0.831. The van der Waals surface area contributed by atoms with Crippen LogP contribution in [0.2, 0.25) is 0 Å². The van der Waals surface area contributed by atoms with Crippen LogP contribution >= 0.6 is 0 Å². The van der Waals surface area contributed by atoms with Crippen LogP contribution in [0.1, 0.15) is 19.8 Å². The molecule has 1 heterocycles. The molecule has 2 rings (SSSR count). The number of rotatable bonds is 2. The van der Waals surface area contributed by atoms with Gasteiger partial charge in [-0.1, -0.05) is 6.92 Å². The molecule has 0 radical (unpaired) electrons. The molecular weight excluding hydrogens is 260 g/mol. The van der Waals surface area contributed by atoms with Gasteiger partial charge >= 0.3 is 0 Å². The zero-order valence-electron chi connectivity index (χ0n) is 10.1. The van der Waals surface area contributed by atoms with Crippen molar-refractivity contribution in [3.8, 4) is 0 Å². The fourth-order valence-corrected chi connectivity index (χ4v) is 3.83. The summed E-state index contributed by atoms with van der Waals surface area (Å²) in [6.07, 6.45) is 1.74. The minimum absolute atomic E-state index is 0.261. The molecule has 1 aromatic carbocycles. The minimum Gasteiger partial charge on any atom is -0.207 e. The highest BCUT2D eigenvalue weighted by Gasteiger charge is 2.30. The van der Waals surface area contributed by atoms with Gasteiger partial charge in [-0.25, -0.2) is 17.2 Å². The van der Waals surface area contributed by atoms with Gasteiger partial charge in [0.1, 0.15) is 16.5 Å². The van der Waals surface area contributed by atoms with Crippen molar-refractivity contribution in [3.05, 3.63) is 29.8 Å². The Morgan fingerprint density at radius 1 is 1.33 bits per heavy atom. The van der Waals surface area contributed by atoms with E-state index in [0.717, 1.165) is 25.0 Å². The first kappa shape index (κ1) is 13.4. The summed E-state index contributed by atoms with van der Waals surface area (Å²) >= 11 is 0. The third-order valence-corrected chi connectivity index (χ3v) is 5.03. The first-order valence-corrected chi connectivity index (χ1v) is 7.30. The van der Waals surface area contributed by atoms with Crippen LogP contribution in [0.15, 0.2) is 23.1 Å². The molecule has 0 N–H and O–H groups in total. The van der Waals surface area contributed by atoms with Gasteiger partial charge < -0.3 is 0 Å². The maximum Gasteiger partial charge on any atom is 0.245 e. The molecule has 1 aliphatic rings. The standard InChI is InChI=1S/C12H15F2NO2S/c1-9-3-2-6-15(8-9)18(16,17)12-5-4-10(13)7-11(12)14/h4-5,7,9H,2-3,6,8H2,1H3. The highest BCUT2D eigenvalue weighted by Crippen LogP contribution is 2.25. The highest BCUT2D eigenvalue weighted by atomic mass is 32.2. The van der Waals surface area contributed by atoms with Gasteiger partial charge in [0.2, 0.25) is 10.0 Å². The van der Waals surface area contributed by atoms with Gasteiger partial charge in [-0.3, -0.25) is 0 Å². The van der Waals surface area contributed by atoms with E-state index in [4.69, 9.17) is 0 Å². The number of nitrogens with zero attached hydrogens (tertiary/aromatic N) is 1. The van der Waals surface area contributed by atoms with Gasteiger partial charge in [-0.05, 0) is 30.9 Å². The highest BCUT2D eigenvalue weighted by molar-refractivity contribution is 7.89. The third kappa shape index (κ3) is 2.54. The lowest BCUT2D eigenvalue weighted by molar-refractivity contribution is 0.280. The van der Waals surface area contributed by atoms with Crippen molar-refractivity contribution in [2.75, 3.05) is 13.1 Å². The summed E-state index contributed by atoms with van der Waals surface area (Å²) < 4.78 is 52.1. The molecule has 0 bridgehead atoms. The SMILES string of the molecule is CC1CCCN(S(=O)(=O)c2ccc(F)cc2F)C1. The minimum atomic E-state index is -3.85. The van der Waals surface area contributed by atoms with Crippen LogP contribution in [0.5, 0.6) is 0 Å². The fourth-order valence-electron chi connectivity index (χ4n) is 2.19. The molecule has 1 aromatic rings. The normalized spacial score (nSPS) is 22.1. The van der Waals surface area contributed by atoms with E-state index >= 15 is 0 Å². The van der Waals surface area contributed by atoms with E-state index in [1.54, 1.807) is 0 Å². The summed E-state index contributed by atoms with van der Waals surface area (Å²) in [6, 6.07) is 2.54. The Morgan fingerprint density at radius 2 is 2.06 bits per heavy atom. The maximum absolute atomic E-state index is 13.6. The molecule has 0 aromatic heterocycles. The summed E-state index contributed by atoms with van der Waals surface area (Å²) in [5, 5.41) is 0. The number of hydrogen-bond donors (Lipinski definition) is 0. The molecule has 1 atom stereocenters. The van der Waals surface area contributed by atoms with Crippen LogP contribution in [0.25, 0.3) is 0 Å². The summed E-state index contributed by atoms with van der Waals surface area (Å²) in [5.74, 6) is -1.55. The Hall–Kier alpha value is -1.01. The molecular formula is C12H15F2NO2S. The van der Waals surface area contributed by atoms with E-state index in [1.165, 1.54) is 4.31 Å². The van der Waals surface area contributed by atoms with Crippen LogP contribution in [-0.4, -0.2) is 25.8 Å². The van der Waals surface area contributed by atoms with Crippen LogP contribution in [0.3, 0.4) is 0 Å². The molecule has 18 heavy (non-hydrogen) atoms. The van der Waals surface area contributed by atoms with Crippen LogP contribution in [0.4, 0.5) is 8.78 Å². The summed E-state index contributed by atoms with van der Waals surface area (Å²) in [4.78, 5) is -0.446. The number of hydrogen-bond acceptors (Lipinski definition) is 2. The molecule has 0 amide bonds. The smallest absolute Gasteiger partial charge is 0.207 e. The second-order valence-electron chi connectivity index (χ2n) is 4.69. The van der Waals surface area contributed by atoms with Crippen molar-refractivity contribution in [3.63, 3.8) is 0 Å². The molecule has 0 spiro atoms. The molecule has 100 valence electrons. The third-order valence-electron chi connectivity index (χ3n) is 3.13. The monoisotopic (exact) mass is 275 g/mol. The first-order chi connectivity index (χ1) is 8.41. The number of sulfonamides is 1. The number of piperidine rings is 1. The lowest BCUT2D eigenvalue weighted by Crippen LogP contribution is -2.39. The zero-order chi connectivity index (χ0) is 13.3. The lowest BCUT2D eigenvalue weighted by Gasteiger charge is -2.30. The predicted octanol–water partition coefficient (Wildman–Crippen LogP) is 2.39. The number of halogens is 2. The van der Waals surface area contributed by atoms with E-state index in [0.29, 0.717) is 19.2 Å². The second kappa shape index (κ2) is 4.93. The predicted molar refractivity (Wildman–Crippen MR) is 63.5 cm³/mol. The van der Waals surface area contributed by atoms with E-state index in [-0.39, 0.29) is 5.92 Å². The molecule has 1 fully saturated rings. The van der Waals surface area contributed by atoms with Crippen molar-refractivity contribution >= 4 is 10.0 Å². The van der Waals surface area contributed by atoms with Crippen LogP contribution in [0, 0.1) is 17.6 Å². The zero-order valence-corrected chi connectivity index (χ0v) is 10.9. The van der Waals surface area contributed by atoms with Crippen LogP contribution < -0.4 is 0 Å². The van der Waals surface area contributed by atoms with Crippen LogP contribution in [-0.2, 0) is 10.0 Å². The molecule has 0 saturated carbocycles. The van der Waals surface area contributed by atoms with E-state index in [2.05, 4.69) is 0 Å². The molecule has 6 heteroatoms. The van der Waals surface area contributed by atoms with Gasteiger partial charge in [-0.2, -0.15) is 4.31 Å². The number of benzene rings is 1. The summed E-state index contributed by atoms with van der Waals surface area (Å²) in [6.45, 7) is 2.74. The topological polar surface area (TPSA) is 37.4 Å². The fraction of sp³-hybridized carbons (Fsp3) is 0.500. The van der Waals surface area contributed by atoms with Gasteiger partial charge in [0, 0.05) is 19.2 Å². The molecule has 1 unspecified atom stereocenters. The van der Waals surface area contributed by atoms with E-state index in [9.17, 15) is 17.2 Å². The van der Waals surface area contributed by atoms with E-state index < -0.39 is 26.6 Å². The molecule has 1 aliphatic heterocycles. The summed E-state index contributed by atoms with van der Waals surface area (Å²) in [7, 11) is -3.85. The second-order valence-corrected chi connectivity index (χ2v) is 6.59. The lowest BCUT2D eigenvalue weighted by atomic mass is 10.0. The van der Waals surface area contributed by atoms with Crippen molar-refractivity contribution in [1.29, 1.82) is 0 Å². The van der Waals surface area contributed by atoms with E-state index in [1.807, 2.05) is 6.92 Å². The molecule has 1 saturated heterocycles. The average Bonchev–Trinajstić information content (AvgIpc) is 2.28. The van der Waals surface area contributed by atoms with Crippen molar-refractivity contribution < 1.29 is 17.2 Å². The maximum atomic E-state index is 13.6. The van der Waals surface area contributed by atoms with Crippen molar-refractivity contribution in [2.24, 2.45) is 5.92 Å². The van der Waals surface area contributed by atoms with Gasteiger partial charge in [0.15, 0.2) is 0 Å². The van der Waals surface area contributed by atoms with Gasteiger partial charge in [0.05, 0.1) is 0 Å². The Bertz CT molecular complexity index is 545. The summed E-state index contributed by atoms with van der Waals surface area (Å²) in [5.41, 5.74) is 0. The Kier molecular flexibility index (Phi) is 3.68. The largest absolute Gasteiger partial charge is 0.245 e. The average molecular weight is 275 g/mol. The molecule has 3 nitrogen and oxygen atoms in total. The Balaban J connectivity index is 2.35.